The van der Waals surface area contributed by atoms with E-state index in [0.717, 1.165) is 71.5 Å². The lowest BCUT2D eigenvalue weighted by molar-refractivity contribution is 0.569. The molecule has 1 aliphatic rings. The van der Waals surface area contributed by atoms with E-state index in [1.807, 2.05) is 18.2 Å². The molecule has 4 heterocycles. The summed E-state index contributed by atoms with van der Waals surface area (Å²) in [6.45, 7) is 0. The molecule has 1 atom stereocenters. The van der Waals surface area contributed by atoms with Gasteiger partial charge in [0.1, 0.15) is 16.8 Å². The first kappa shape index (κ1) is 31.7. The van der Waals surface area contributed by atoms with E-state index in [9.17, 15) is 0 Å². The summed E-state index contributed by atoms with van der Waals surface area (Å²) in [7, 11) is 0. The molecule has 12 rings (SSSR count). The van der Waals surface area contributed by atoms with Crippen LogP contribution in [0.2, 0.25) is 0 Å². The van der Waals surface area contributed by atoms with Gasteiger partial charge in [-0.15, -0.1) is 0 Å². The number of benzene rings is 7. The van der Waals surface area contributed by atoms with Crippen molar-refractivity contribution in [3.8, 4) is 34.2 Å². The number of rotatable bonds is 5. The molecular formula is C51H33N5O. The summed E-state index contributed by atoms with van der Waals surface area (Å²) in [5.41, 5.74) is 10.5. The number of nitrogens with zero attached hydrogens (tertiary/aromatic N) is 5. The zero-order valence-electron chi connectivity index (χ0n) is 30.7. The van der Waals surface area contributed by atoms with Crippen molar-refractivity contribution in [2.45, 2.75) is 12.3 Å². The minimum Gasteiger partial charge on any atom is -0.456 e. The van der Waals surface area contributed by atoms with Crippen molar-refractivity contribution >= 4 is 66.7 Å². The molecule has 0 fully saturated rings. The molecule has 0 N–H and O–H groups in total. The molecule has 11 aromatic rings. The van der Waals surface area contributed by atoms with Gasteiger partial charge in [0.15, 0.2) is 5.82 Å². The Morgan fingerprint density at radius 2 is 1.12 bits per heavy atom. The highest BCUT2D eigenvalue weighted by molar-refractivity contribution is 6.18. The average Bonchev–Trinajstić information content (AvgIpc) is 3.94. The third-order valence-corrected chi connectivity index (χ3v) is 11.5. The molecule has 6 heteroatoms. The summed E-state index contributed by atoms with van der Waals surface area (Å²) in [4.78, 5) is 15.7. The van der Waals surface area contributed by atoms with Gasteiger partial charge in [-0.2, -0.15) is 9.97 Å². The Labute approximate surface area is 326 Å². The van der Waals surface area contributed by atoms with Crippen LogP contribution in [0.25, 0.3) is 101 Å². The van der Waals surface area contributed by atoms with Crippen molar-refractivity contribution in [2.75, 3.05) is 0 Å². The molecule has 0 amide bonds. The molecule has 4 aromatic heterocycles. The largest absolute Gasteiger partial charge is 0.456 e. The van der Waals surface area contributed by atoms with Gasteiger partial charge < -0.3 is 8.98 Å². The molecule has 0 radical (unpaired) electrons. The maximum Gasteiger partial charge on any atom is 0.238 e. The Hall–Kier alpha value is -7.57. The molecule has 6 nitrogen and oxygen atoms in total. The fourth-order valence-corrected chi connectivity index (χ4v) is 8.91. The number of hydrogen-bond acceptors (Lipinski definition) is 4. The number of aromatic nitrogens is 5. The number of fused-ring (bicyclic) bond motifs is 10. The first-order valence-electron chi connectivity index (χ1n) is 19.4. The number of para-hydroxylation sites is 3. The van der Waals surface area contributed by atoms with Crippen LogP contribution in [-0.2, 0) is 0 Å². The second kappa shape index (κ2) is 12.5. The first-order valence-corrected chi connectivity index (χ1v) is 19.4. The van der Waals surface area contributed by atoms with E-state index >= 15 is 0 Å². The minimum absolute atomic E-state index is 0.120. The summed E-state index contributed by atoms with van der Waals surface area (Å²) in [5.74, 6) is 1.85. The molecule has 268 valence electrons. The smallest absolute Gasteiger partial charge is 0.238 e. The van der Waals surface area contributed by atoms with E-state index in [1.54, 1.807) is 0 Å². The summed E-state index contributed by atoms with van der Waals surface area (Å²) in [6, 6.07) is 59.6. The molecule has 0 aliphatic heterocycles. The SMILES string of the molecule is C1=c2oc3ccc4c5ccccc5n(-c5cccc(-c6ccccc6)c5)c4c3c2=CC(c2nc(-c3ccccc3)nc(-n3c4ccccc4c4ccccc43)n2)C1. The van der Waals surface area contributed by atoms with Crippen LogP contribution in [0.1, 0.15) is 18.2 Å². The zero-order chi connectivity index (χ0) is 37.5. The highest BCUT2D eigenvalue weighted by atomic mass is 16.3. The van der Waals surface area contributed by atoms with Gasteiger partial charge in [-0.25, -0.2) is 4.98 Å². The summed E-state index contributed by atoms with van der Waals surface area (Å²) in [5, 5.41) is 6.86. The van der Waals surface area contributed by atoms with Gasteiger partial charge in [0.05, 0.1) is 27.5 Å². The lowest BCUT2D eigenvalue weighted by Gasteiger charge is -2.15. The highest BCUT2D eigenvalue weighted by Crippen LogP contribution is 2.37. The van der Waals surface area contributed by atoms with Gasteiger partial charge >= 0.3 is 0 Å². The third-order valence-electron chi connectivity index (χ3n) is 11.5. The third kappa shape index (κ3) is 4.94. The van der Waals surface area contributed by atoms with E-state index in [0.29, 0.717) is 18.2 Å². The summed E-state index contributed by atoms with van der Waals surface area (Å²) in [6.07, 6.45) is 5.23. The first-order chi connectivity index (χ1) is 28.3. The van der Waals surface area contributed by atoms with Crippen molar-refractivity contribution in [3.63, 3.8) is 0 Å². The van der Waals surface area contributed by atoms with Crippen LogP contribution < -0.4 is 10.6 Å². The van der Waals surface area contributed by atoms with Crippen LogP contribution in [0, 0.1) is 0 Å². The molecule has 0 saturated heterocycles. The predicted molar refractivity (Wildman–Crippen MR) is 231 cm³/mol. The Morgan fingerprint density at radius 1 is 0.509 bits per heavy atom. The summed E-state index contributed by atoms with van der Waals surface area (Å²) < 4.78 is 11.3. The molecule has 0 bridgehead atoms. The van der Waals surface area contributed by atoms with Gasteiger partial charge in [-0.05, 0) is 66.1 Å². The molecular weight excluding hydrogens is 699 g/mol. The van der Waals surface area contributed by atoms with Crippen LogP contribution in [-0.4, -0.2) is 24.1 Å². The van der Waals surface area contributed by atoms with E-state index in [2.05, 4.69) is 173 Å². The molecule has 57 heavy (non-hydrogen) atoms. The quantitative estimate of drug-likeness (QED) is 0.177. The topological polar surface area (TPSA) is 61.7 Å². The van der Waals surface area contributed by atoms with Crippen molar-refractivity contribution < 1.29 is 4.42 Å². The maximum absolute atomic E-state index is 6.68. The molecule has 1 aliphatic carbocycles. The minimum atomic E-state index is -0.120. The normalized spacial score (nSPS) is 14.0. The standard InChI is InChI=1S/C51H33N5O/c1-3-14-32(15-4-1)34-18-13-19-36(30-34)55-42-23-10-9-22-39(42)40-27-29-46-47(48(40)55)41-31-35(26-28-45(41)57-46)50-52-49(33-16-5-2-6-17-33)53-51(54-50)56-43-24-11-7-20-37(43)38-21-8-12-25-44(38)56/h1-25,27-31,35H,26H2. The van der Waals surface area contributed by atoms with Gasteiger partial charge in [0.25, 0.3) is 0 Å². The Bertz CT molecular complexity index is 3450. The number of furan rings is 1. The van der Waals surface area contributed by atoms with Crippen LogP contribution >= 0.6 is 0 Å². The van der Waals surface area contributed by atoms with Crippen LogP contribution in [0.3, 0.4) is 0 Å². The van der Waals surface area contributed by atoms with Crippen LogP contribution in [0.15, 0.2) is 174 Å². The highest BCUT2D eigenvalue weighted by Gasteiger charge is 2.24. The van der Waals surface area contributed by atoms with Gasteiger partial charge in [0, 0.05) is 43.9 Å². The van der Waals surface area contributed by atoms with Crippen molar-refractivity contribution in [1.82, 2.24) is 24.1 Å². The maximum atomic E-state index is 6.68. The monoisotopic (exact) mass is 731 g/mol. The zero-order valence-corrected chi connectivity index (χ0v) is 30.7. The van der Waals surface area contributed by atoms with Gasteiger partial charge in [-0.3, -0.25) is 4.57 Å². The van der Waals surface area contributed by atoms with E-state index < -0.39 is 0 Å². The Balaban J connectivity index is 1.11. The average molecular weight is 732 g/mol. The van der Waals surface area contributed by atoms with Gasteiger partial charge in [0.2, 0.25) is 5.95 Å². The Morgan fingerprint density at radius 3 is 1.84 bits per heavy atom. The molecule has 1 unspecified atom stereocenters. The summed E-state index contributed by atoms with van der Waals surface area (Å²) >= 11 is 0. The molecule has 0 saturated carbocycles. The molecule has 7 aromatic carbocycles. The van der Waals surface area contributed by atoms with Crippen LogP contribution in [0.5, 0.6) is 0 Å². The van der Waals surface area contributed by atoms with Crippen LogP contribution in [0.4, 0.5) is 0 Å². The fraction of sp³-hybridized carbons (Fsp3) is 0.0392. The Kier molecular flexibility index (Phi) is 6.95. The second-order valence-electron chi connectivity index (χ2n) is 14.7. The number of hydrogen-bond donors (Lipinski definition) is 0. The van der Waals surface area contributed by atoms with E-state index in [4.69, 9.17) is 19.4 Å². The van der Waals surface area contributed by atoms with Crippen molar-refractivity contribution in [1.29, 1.82) is 0 Å². The molecule has 0 spiro atoms. The predicted octanol–water partition coefficient (Wildman–Crippen LogP) is 10.9. The lowest BCUT2D eigenvalue weighted by atomic mass is 9.97. The van der Waals surface area contributed by atoms with E-state index in [-0.39, 0.29) is 5.92 Å². The fourth-order valence-electron chi connectivity index (χ4n) is 8.91. The van der Waals surface area contributed by atoms with Gasteiger partial charge in [-0.1, -0.05) is 133 Å². The van der Waals surface area contributed by atoms with Crippen molar-refractivity contribution in [3.05, 3.63) is 186 Å². The van der Waals surface area contributed by atoms with E-state index in [1.165, 1.54) is 21.9 Å². The second-order valence-corrected chi connectivity index (χ2v) is 14.7. The lowest BCUT2D eigenvalue weighted by Crippen LogP contribution is -2.26. The van der Waals surface area contributed by atoms with Crippen molar-refractivity contribution in [2.24, 2.45) is 0 Å².